The van der Waals surface area contributed by atoms with Crippen LogP contribution in [0.3, 0.4) is 0 Å². The normalized spacial score (nSPS) is 25.1. The van der Waals surface area contributed by atoms with Gasteiger partial charge in [-0.25, -0.2) is 4.63 Å². The lowest BCUT2D eigenvalue weighted by Gasteiger charge is -2.19. The van der Waals surface area contributed by atoms with Crippen molar-refractivity contribution in [2.24, 2.45) is 0 Å². The minimum Gasteiger partial charge on any atom is -0.307 e. The average Bonchev–Trinajstić information content (AvgIpc) is 2.86. The van der Waals surface area contributed by atoms with Gasteiger partial charge in [0, 0.05) is 17.8 Å². The van der Waals surface area contributed by atoms with Gasteiger partial charge in [0.15, 0.2) is 0 Å². The first-order chi connectivity index (χ1) is 7.81. The number of hydrogen-bond donors (Lipinski definition) is 1. The molecular weight excluding hydrogens is 222 g/mol. The number of nitrogens with one attached hydrogen (secondary N) is 1. The van der Waals surface area contributed by atoms with Gasteiger partial charge in [-0.3, -0.25) is 0 Å². The van der Waals surface area contributed by atoms with Crippen molar-refractivity contribution in [1.82, 2.24) is 15.6 Å². The van der Waals surface area contributed by atoms with Crippen LogP contribution < -0.4 is 5.32 Å². The molecule has 1 fully saturated rings. The Balaban J connectivity index is 1.83. The van der Waals surface area contributed by atoms with Gasteiger partial charge < -0.3 is 5.32 Å². The Morgan fingerprint density at radius 3 is 3.00 bits per heavy atom. The molecule has 0 aliphatic heterocycles. The van der Waals surface area contributed by atoms with Gasteiger partial charge in [0.05, 0.1) is 0 Å². The Kier molecular flexibility index (Phi) is 4.23. The van der Waals surface area contributed by atoms with Crippen molar-refractivity contribution in [1.29, 1.82) is 0 Å². The molecule has 1 heterocycles. The second kappa shape index (κ2) is 5.68. The van der Waals surface area contributed by atoms with E-state index in [1.54, 1.807) is 0 Å². The van der Waals surface area contributed by atoms with E-state index in [-0.39, 0.29) is 0 Å². The fourth-order valence-electron chi connectivity index (χ4n) is 2.21. The van der Waals surface area contributed by atoms with E-state index in [2.05, 4.69) is 38.9 Å². The Hall–Kier alpha value is -0.550. The Morgan fingerprint density at radius 1 is 1.44 bits per heavy atom. The highest BCUT2D eigenvalue weighted by Crippen LogP contribution is 2.29. The molecule has 0 aromatic carbocycles. The van der Waals surface area contributed by atoms with E-state index >= 15 is 0 Å². The molecule has 0 spiro atoms. The summed E-state index contributed by atoms with van der Waals surface area (Å²) in [5.74, 6) is 1.20. The maximum Gasteiger partial charge on any atom is 0.121 e. The van der Waals surface area contributed by atoms with Crippen molar-refractivity contribution in [3.63, 3.8) is 0 Å². The van der Waals surface area contributed by atoms with E-state index in [1.807, 2.05) is 6.92 Å². The first-order valence-electron chi connectivity index (χ1n) is 5.94. The van der Waals surface area contributed by atoms with Crippen molar-refractivity contribution < 1.29 is 4.63 Å². The van der Waals surface area contributed by atoms with Crippen molar-refractivity contribution in [3.05, 3.63) is 11.4 Å². The molecule has 0 radical (unpaired) electrons. The molecule has 1 aliphatic rings. The molecule has 2 atom stereocenters. The second-order valence-corrected chi connectivity index (χ2v) is 5.72. The van der Waals surface area contributed by atoms with Crippen LogP contribution in [0.15, 0.2) is 4.63 Å². The summed E-state index contributed by atoms with van der Waals surface area (Å²) in [4.78, 5) is 0. The van der Waals surface area contributed by atoms with Gasteiger partial charge in [-0.15, -0.1) is 0 Å². The Labute approximate surface area is 101 Å². The average molecular weight is 241 g/mol. The van der Waals surface area contributed by atoms with E-state index in [9.17, 15) is 0 Å². The van der Waals surface area contributed by atoms with Crippen molar-refractivity contribution in [2.75, 3.05) is 5.75 Å². The topological polar surface area (TPSA) is 51.0 Å². The zero-order valence-corrected chi connectivity index (χ0v) is 10.7. The van der Waals surface area contributed by atoms with E-state index in [0.717, 1.165) is 23.2 Å². The number of nitrogens with zero attached hydrogens (tertiary/aromatic N) is 2. The third-order valence-electron chi connectivity index (χ3n) is 3.11. The SMILES string of the molecule is CCSC1CCCC1NCc1nonc1C. The third kappa shape index (κ3) is 2.77. The van der Waals surface area contributed by atoms with Crippen LogP contribution >= 0.6 is 11.8 Å². The van der Waals surface area contributed by atoms with Crippen LogP contribution in [0.4, 0.5) is 0 Å². The summed E-state index contributed by atoms with van der Waals surface area (Å²) in [7, 11) is 0. The Bertz CT molecular complexity index is 329. The molecule has 1 aromatic heterocycles. The predicted octanol–water partition coefficient (Wildman–Crippen LogP) is 2.14. The number of hydrogen-bond acceptors (Lipinski definition) is 5. The monoisotopic (exact) mass is 241 g/mol. The highest BCUT2D eigenvalue weighted by atomic mass is 32.2. The predicted molar refractivity (Wildman–Crippen MR) is 65.4 cm³/mol. The van der Waals surface area contributed by atoms with E-state index in [1.165, 1.54) is 25.0 Å². The van der Waals surface area contributed by atoms with Gasteiger partial charge in [-0.1, -0.05) is 23.7 Å². The first-order valence-corrected chi connectivity index (χ1v) is 6.99. The molecule has 1 saturated carbocycles. The molecule has 0 amide bonds. The van der Waals surface area contributed by atoms with Crippen LogP contribution in [0, 0.1) is 6.92 Å². The molecule has 90 valence electrons. The molecule has 2 unspecified atom stereocenters. The molecule has 16 heavy (non-hydrogen) atoms. The number of aromatic nitrogens is 2. The minimum atomic E-state index is 0.626. The number of aryl methyl sites for hydroxylation is 1. The number of thioether (sulfide) groups is 1. The molecule has 1 aliphatic carbocycles. The molecule has 1 aromatic rings. The van der Waals surface area contributed by atoms with Crippen LogP contribution in [0.25, 0.3) is 0 Å². The van der Waals surface area contributed by atoms with Crippen LogP contribution in [0.5, 0.6) is 0 Å². The van der Waals surface area contributed by atoms with Gasteiger partial charge in [0.2, 0.25) is 0 Å². The quantitative estimate of drug-likeness (QED) is 0.856. The zero-order valence-electron chi connectivity index (χ0n) is 9.90. The summed E-state index contributed by atoms with van der Waals surface area (Å²) in [6.45, 7) is 4.94. The zero-order chi connectivity index (χ0) is 11.4. The number of rotatable bonds is 5. The van der Waals surface area contributed by atoms with Crippen LogP contribution in [0.2, 0.25) is 0 Å². The maximum absolute atomic E-state index is 4.69. The highest BCUT2D eigenvalue weighted by Gasteiger charge is 2.26. The van der Waals surface area contributed by atoms with Crippen molar-refractivity contribution in [2.45, 2.75) is 50.9 Å². The third-order valence-corrected chi connectivity index (χ3v) is 4.44. The maximum atomic E-state index is 4.69. The van der Waals surface area contributed by atoms with E-state index in [4.69, 9.17) is 0 Å². The summed E-state index contributed by atoms with van der Waals surface area (Å²) in [5.41, 5.74) is 1.83. The van der Waals surface area contributed by atoms with Gasteiger partial charge in [0.1, 0.15) is 11.4 Å². The van der Waals surface area contributed by atoms with E-state index < -0.39 is 0 Å². The van der Waals surface area contributed by atoms with Crippen LogP contribution in [0.1, 0.15) is 37.6 Å². The van der Waals surface area contributed by atoms with E-state index in [0.29, 0.717) is 6.04 Å². The van der Waals surface area contributed by atoms with Gasteiger partial charge in [-0.2, -0.15) is 11.8 Å². The largest absolute Gasteiger partial charge is 0.307 e. The first kappa shape index (κ1) is 11.9. The molecule has 0 saturated heterocycles. The smallest absolute Gasteiger partial charge is 0.121 e. The summed E-state index contributed by atoms with van der Waals surface area (Å²) >= 11 is 2.07. The summed E-state index contributed by atoms with van der Waals surface area (Å²) < 4.78 is 4.69. The second-order valence-electron chi connectivity index (χ2n) is 4.21. The van der Waals surface area contributed by atoms with Crippen molar-refractivity contribution in [3.8, 4) is 0 Å². The molecule has 2 rings (SSSR count). The van der Waals surface area contributed by atoms with Crippen LogP contribution in [-0.4, -0.2) is 27.4 Å². The fourth-order valence-corrected chi connectivity index (χ4v) is 3.44. The molecule has 5 heteroatoms. The molecular formula is C11H19N3OS. The standard InChI is InChI=1S/C11H19N3OS/c1-3-16-11-6-4-5-9(11)12-7-10-8(2)13-15-14-10/h9,11-12H,3-7H2,1-2H3. The summed E-state index contributed by atoms with van der Waals surface area (Å²) in [5, 5.41) is 12.0. The summed E-state index contributed by atoms with van der Waals surface area (Å²) in [6, 6.07) is 0.626. The Morgan fingerprint density at radius 2 is 2.31 bits per heavy atom. The fraction of sp³-hybridized carbons (Fsp3) is 0.818. The van der Waals surface area contributed by atoms with Crippen molar-refractivity contribution >= 4 is 11.8 Å². The lowest BCUT2D eigenvalue weighted by molar-refractivity contribution is 0.299. The molecule has 4 nitrogen and oxygen atoms in total. The van der Waals surface area contributed by atoms with Gasteiger partial charge in [0.25, 0.3) is 0 Å². The lowest BCUT2D eigenvalue weighted by atomic mass is 10.2. The van der Waals surface area contributed by atoms with Gasteiger partial charge >= 0.3 is 0 Å². The highest BCUT2D eigenvalue weighted by molar-refractivity contribution is 7.99. The van der Waals surface area contributed by atoms with Gasteiger partial charge in [-0.05, 0) is 25.5 Å². The van der Waals surface area contributed by atoms with Crippen LogP contribution in [-0.2, 0) is 6.54 Å². The summed E-state index contributed by atoms with van der Waals surface area (Å²) in [6.07, 6.45) is 3.96. The molecule has 1 N–H and O–H groups in total. The minimum absolute atomic E-state index is 0.626. The molecule has 0 bridgehead atoms. The lowest BCUT2D eigenvalue weighted by Crippen LogP contribution is -2.34.